The minimum absolute atomic E-state index is 0.0976. The molecule has 0 atom stereocenters. The minimum Gasteiger partial charge on any atom is -0.385 e. The van der Waals surface area contributed by atoms with Crippen LogP contribution in [0.15, 0.2) is 18.2 Å². The van der Waals surface area contributed by atoms with Gasteiger partial charge in [-0.1, -0.05) is 13.0 Å². The summed E-state index contributed by atoms with van der Waals surface area (Å²) in [5.74, 6) is -0.486. The van der Waals surface area contributed by atoms with Crippen molar-refractivity contribution in [1.82, 2.24) is 9.80 Å². The number of nitrogens with zero attached hydrogens (tertiary/aromatic N) is 2. The highest BCUT2D eigenvalue weighted by atomic mass is 19.1. The third-order valence-corrected chi connectivity index (χ3v) is 3.60. The summed E-state index contributed by atoms with van der Waals surface area (Å²) in [6, 6.07) is 4.60. The van der Waals surface area contributed by atoms with Gasteiger partial charge in [0.15, 0.2) is 0 Å². The average Bonchev–Trinajstić information content (AvgIpc) is 2.46. The van der Waals surface area contributed by atoms with Crippen molar-refractivity contribution in [2.75, 3.05) is 45.1 Å². The normalized spacial score (nSPS) is 16.5. The number of halogens is 1. The van der Waals surface area contributed by atoms with Crippen LogP contribution in [-0.2, 0) is 0 Å². The van der Waals surface area contributed by atoms with E-state index in [4.69, 9.17) is 0 Å². The largest absolute Gasteiger partial charge is 0.385 e. The number of hydrogen-bond acceptors (Lipinski definition) is 3. The highest BCUT2D eigenvalue weighted by Gasteiger charge is 2.23. The maximum Gasteiger partial charge on any atom is 0.256 e. The Hall–Kier alpha value is -1.62. The van der Waals surface area contributed by atoms with Crippen molar-refractivity contribution in [2.45, 2.75) is 6.92 Å². The summed E-state index contributed by atoms with van der Waals surface area (Å²) in [6.45, 7) is 6.28. The molecule has 0 spiro atoms. The molecule has 1 aliphatic rings. The van der Waals surface area contributed by atoms with E-state index in [1.165, 1.54) is 6.07 Å². The third kappa shape index (κ3) is 2.87. The summed E-state index contributed by atoms with van der Waals surface area (Å²) in [5.41, 5.74) is 0.692. The van der Waals surface area contributed by atoms with Gasteiger partial charge >= 0.3 is 0 Å². The van der Waals surface area contributed by atoms with E-state index in [0.717, 1.165) is 19.6 Å². The van der Waals surface area contributed by atoms with Gasteiger partial charge in [-0.15, -0.1) is 0 Å². The van der Waals surface area contributed by atoms with Crippen molar-refractivity contribution in [3.05, 3.63) is 29.6 Å². The standard InChI is InChI=1S/C14H20FN3O/c1-3-17-7-9-18(10-8-17)14(19)11-5-4-6-12(15)13(11)16-2/h4-6,16H,3,7-10H2,1-2H3. The Morgan fingerprint density at radius 2 is 2.00 bits per heavy atom. The predicted molar refractivity (Wildman–Crippen MR) is 74.0 cm³/mol. The molecule has 1 amide bonds. The van der Waals surface area contributed by atoms with Gasteiger partial charge in [0.25, 0.3) is 5.91 Å². The number of anilines is 1. The molecule has 0 aromatic heterocycles. The highest BCUT2D eigenvalue weighted by Crippen LogP contribution is 2.21. The number of piperazine rings is 1. The van der Waals surface area contributed by atoms with Crippen molar-refractivity contribution in [2.24, 2.45) is 0 Å². The number of hydrogen-bond donors (Lipinski definition) is 1. The van der Waals surface area contributed by atoms with Gasteiger partial charge in [-0.3, -0.25) is 4.79 Å². The lowest BCUT2D eigenvalue weighted by molar-refractivity contribution is 0.0644. The molecular weight excluding hydrogens is 245 g/mol. The van der Waals surface area contributed by atoms with Gasteiger partial charge in [0.1, 0.15) is 5.82 Å². The Kier molecular flexibility index (Phi) is 4.37. The second kappa shape index (κ2) is 6.02. The first-order valence-corrected chi connectivity index (χ1v) is 6.65. The monoisotopic (exact) mass is 265 g/mol. The third-order valence-electron chi connectivity index (χ3n) is 3.60. The van der Waals surface area contributed by atoms with Crippen LogP contribution in [0.2, 0.25) is 0 Å². The zero-order valence-corrected chi connectivity index (χ0v) is 11.4. The molecule has 0 saturated carbocycles. The van der Waals surface area contributed by atoms with E-state index in [-0.39, 0.29) is 17.4 Å². The molecule has 0 radical (unpaired) electrons. The molecule has 1 aromatic carbocycles. The average molecular weight is 265 g/mol. The summed E-state index contributed by atoms with van der Waals surface area (Å²) in [7, 11) is 1.63. The number of nitrogens with one attached hydrogen (secondary N) is 1. The Bertz CT molecular complexity index is 456. The number of carbonyl (C=O) groups is 1. The molecule has 1 fully saturated rings. The van der Waals surface area contributed by atoms with Crippen LogP contribution in [-0.4, -0.2) is 55.5 Å². The van der Waals surface area contributed by atoms with Crippen LogP contribution in [0, 0.1) is 5.82 Å². The summed E-state index contributed by atoms with van der Waals surface area (Å²) in [6.07, 6.45) is 0. The van der Waals surface area contributed by atoms with Crippen LogP contribution < -0.4 is 5.32 Å². The quantitative estimate of drug-likeness (QED) is 0.902. The first kappa shape index (κ1) is 13.8. The topological polar surface area (TPSA) is 35.6 Å². The van der Waals surface area contributed by atoms with Crippen LogP contribution >= 0.6 is 0 Å². The lowest BCUT2D eigenvalue weighted by Gasteiger charge is -2.34. The maximum absolute atomic E-state index is 13.7. The first-order valence-electron chi connectivity index (χ1n) is 6.65. The van der Waals surface area contributed by atoms with Gasteiger partial charge in [0.2, 0.25) is 0 Å². The molecular formula is C14H20FN3O. The number of carbonyl (C=O) groups excluding carboxylic acids is 1. The van der Waals surface area contributed by atoms with Crippen LogP contribution in [0.1, 0.15) is 17.3 Å². The first-order chi connectivity index (χ1) is 9.17. The second-order valence-corrected chi connectivity index (χ2v) is 4.64. The van der Waals surface area contributed by atoms with Gasteiger partial charge < -0.3 is 15.1 Å². The van der Waals surface area contributed by atoms with E-state index in [9.17, 15) is 9.18 Å². The molecule has 5 heteroatoms. The summed E-state index contributed by atoms with van der Waals surface area (Å²) < 4.78 is 13.7. The van der Waals surface area contributed by atoms with Crippen molar-refractivity contribution >= 4 is 11.6 Å². The molecule has 104 valence electrons. The fourth-order valence-electron chi connectivity index (χ4n) is 2.39. The van der Waals surface area contributed by atoms with E-state index < -0.39 is 0 Å². The number of para-hydroxylation sites is 1. The smallest absolute Gasteiger partial charge is 0.256 e. The van der Waals surface area contributed by atoms with Crippen molar-refractivity contribution in [1.29, 1.82) is 0 Å². The number of benzene rings is 1. The highest BCUT2D eigenvalue weighted by molar-refractivity contribution is 5.99. The molecule has 1 saturated heterocycles. The predicted octanol–water partition coefficient (Wildman–Crippen LogP) is 1.65. The number of rotatable bonds is 3. The van der Waals surface area contributed by atoms with Crippen molar-refractivity contribution < 1.29 is 9.18 Å². The molecule has 0 aliphatic carbocycles. The molecule has 1 aromatic rings. The lowest BCUT2D eigenvalue weighted by Crippen LogP contribution is -2.48. The Morgan fingerprint density at radius 1 is 1.32 bits per heavy atom. The molecule has 19 heavy (non-hydrogen) atoms. The molecule has 1 heterocycles. The van der Waals surface area contributed by atoms with Crippen LogP contribution in [0.5, 0.6) is 0 Å². The lowest BCUT2D eigenvalue weighted by atomic mass is 10.1. The van der Waals surface area contributed by atoms with E-state index in [0.29, 0.717) is 18.7 Å². The molecule has 4 nitrogen and oxygen atoms in total. The zero-order valence-electron chi connectivity index (χ0n) is 11.4. The fourth-order valence-corrected chi connectivity index (χ4v) is 2.39. The van der Waals surface area contributed by atoms with E-state index in [2.05, 4.69) is 17.1 Å². The Labute approximate surface area is 113 Å². The minimum atomic E-state index is -0.388. The summed E-state index contributed by atoms with van der Waals surface area (Å²) in [4.78, 5) is 16.5. The number of likely N-dealkylation sites (N-methyl/N-ethyl adjacent to an activating group) is 1. The summed E-state index contributed by atoms with van der Waals surface area (Å²) >= 11 is 0. The van der Waals surface area contributed by atoms with Crippen molar-refractivity contribution in [3.8, 4) is 0 Å². The zero-order chi connectivity index (χ0) is 13.8. The molecule has 1 N–H and O–H groups in total. The fraction of sp³-hybridized carbons (Fsp3) is 0.500. The van der Waals surface area contributed by atoms with E-state index >= 15 is 0 Å². The van der Waals surface area contributed by atoms with E-state index in [1.807, 2.05) is 0 Å². The molecule has 0 unspecified atom stereocenters. The second-order valence-electron chi connectivity index (χ2n) is 4.64. The van der Waals surface area contributed by atoms with Crippen molar-refractivity contribution in [3.63, 3.8) is 0 Å². The molecule has 2 rings (SSSR count). The van der Waals surface area contributed by atoms with Gasteiger partial charge in [0, 0.05) is 33.2 Å². The maximum atomic E-state index is 13.7. The summed E-state index contributed by atoms with van der Waals surface area (Å²) in [5, 5.41) is 2.77. The molecule has 1 aliphatic heterocycles. The van der Waals surface area contributed by atoms with Crippen LogP contribution in [0.25, 0.3) is 0 Å². The van der Waals surface area contributed by atoms with Gasteiger partial charge in [-0.2, -0.15) is 0 Å². The Morgan fingerprint density at radius 3 is 2.58 bits per heavy atom. The Balaban J connectivity index is 2.14. The van der Waals surface area contributed by atoms with E-state index in [1.54, 1.807) is 24.1 Å². The number of amides is 1. The van der Waals surface area contributed by atoms with Gasteiger partial charge in [-0.05, 0) is 18.7 Å². The van der Waals surface area contributed by atoms with Gasteiger partial charge in [-0.25, -0.2) is 4.39 Å². The van der Waals surface area contributed by atoms with Crippen LogP contribution in [0.3, 0.4) is 0 Å². The van der Waals surface area contributed by atoms with Gasteiger partial charge in [0.05, 0.1) is 11.3 Å². The SMILES string of the molecule is CCN1CCN(C(=O)c2cccc(F)c2NC)CC1. The molecule has 0 bridgehead atoms. The van der Waals surface area contributed by atoms with Crippen LogP contribution in [0.4, 0.5) is 10.1 Å².